The van der Waals surface area contributed by atoms with Crippen LogP contribution >= 0.6 is 0 Å². The van der Waals surface area contributed by atoms with Gasteiger partial charge in [-0.2, -0.15) is 0 Å². The Kier molecular flexibility index (Phi) is 6.91. The third-order valence-electron chi connectivity index (χ3n) is 11.3. The van der Waals surface area contributed by atoms with Crippen LogP contribution in [0, 0.1) is 0 Å². The van der Waals surface area contributed by atoms with Crippen molar-refractivity contribution in [3.63, 3.8) is 0 Å². The molecule has 11 rings (SSSR count). The SMILES string of the molecule is CC1(C)c2ccccc2-c2c(-c3nc(-c4ccccc4)nc(-c4cccc(-c5ccc6ccc7ccc8c9ccccc9[se]c8c7c6c5)c4)n3)cccc21. The second-order valence-electron chi connectivity index (χ2n) is 14.8. The van der Waals surface area contributed by atoms with Crippen LogP contribution < -0.4 is 0 Å². The smallest absolute Gasteiger partial charge is 0.0293 e. The summed E-state index contributed by atoms with van der Waals surface area (Å²) in [6.45, 7) is 4.62. The van der Waals surface area contributed by atoms with Crippen molar-refractivity contribution < 1.29 is 0 Å². The van der Waals surface area contributed by atoms with Gasteiger partial charge in [-0.1, -0.05) is 86.6 Å². The Morgan fingerprint density at radius 2 is 1.06 bits per heavy atom. The molecule has 0 amide bonds. The fraction of sp³-hybridized carbons (Fsp3) is 0.0600. The molecule has 3 nitrogen and oxygen atoms in total. The van der Waals surface area contributed by atoms with E-state index in [9.17, 15) is 0 Å². The van der Waals surface area contributed by atoms with Crippen molar-refractivity contribution in [3.8, 4) is 56.4 Å². The van der Waals surface area contributed by atoms with Gasteiger partial charge in [-0.3, -0.25) is 0 Å². The maximum atomic E-state index is 5.26. The Morgan fingerprint density at radius 3 is 1.96 bits per heavy atom. The molecule has 0 aliphatic heterocycles. The molecule has 0 bridgehead atoms. The molecule has 0 saturated heterocycles. The van der Waals surface area contributed by atoms with E-state index in [0.29, 0.717) is 17.5 Å². The molecule has 0 radical (unpaired) electrons. The van der Waals surface area contributed by atoms with E-state index in [1.54, 1.807) is 0 Å². The van der Waals surface area contributed by atoms with Crippen LogP contribution in [0.15, 0.2) is 164 Å². The Labute approximate surface area is 319 Å². The molecule has 254 valence electrons. The fourth-order valence-electron chi connectivity index (χ4n) is 8.62. The van der Waals surface area contributed by atoms with Gasteiger partial charge in [-0.25, -0.2) is 0 Å². The van der Waals surface area contributed by atoms with E-state index in [4.69, 9.17) is 15.0 Å². The number of rotatable bonds is 4. The molecule has 54 heavy (non-hydrogen) atoms. The van der Waals surface area contributed by atoms with Crippen LogP contribution in [0.2, 0.25) is 0 Å². The van der Waals surface area contributed by atoms with Crippen LogP contribution in [0.5, 0.6) is 0 Å². The summed E-state index contributed by atoms with van der Waals surface area (Å²) < 4.78 is 2.95. The zero-order valence-electron chi connectivity index (χ0n) is 29.8. The third kappa shape index (κ3) is 4.77. The molecule has 0 spiro atoms. The summed E-state index contributed by atoms with van der Waals surface area (Å²) >= 11 is 0.263. The first-order valence-electron chi connectivity index (χ1n) is 18.4. The molecule has 0 N–H and O–H groups in total. The molecule has 8 aromatic carbocycles. The van der Waals surface area contributed by atoms with Crippen molar-refractivity contribution >= 4 is 55.3 Å². The average molecular weight is 755 g/mol. The first-order valence-corrected chi connectivity index (χ1v) is 20.2. The monoisotopic (exact) mass is 755 g/mol. The fourth-order valence-corrected chi connectivity index (χ4v) is 11.3. The first kappa shape index (κ1) is 31.3. The normalized spacial score (nSPS) is 13.1. The summed E-state index contributed by atoms with van der Waals surface area (Å²) in [7, 11) is 0. The Hall–Kier alpha value is -6.19. The van der Waals surface area contributed by atoms with Crippen LogP contribution in [0.3, 0.4) is 0 Å². The quantitative estimate of drug-likeness (QED) is 0.133. The van der Waals surface area contributed by atoms with Crippen molar-refractivity contribution in [1.29, 1.82) is 0 Å². The topological polar surface area (TPSA) is 38.7 Å². The Bertz CT molecular complexity index is 3140. The largest absolute Gasteiger partial charge is 0.0612 e. The molecule has 1 aliphatic carbocycles. The van der Waals surface area contributed by atoms with Gasteiger partial charge in [0.25, 0.3) is 0 Å². The van der Waals surface area contributed by atoms with Gasteiger partial charge in [0.15, 0.2) is 0 Å². The van der Waals surface area contributed by atoms with Crippen LogP contribution in [-0.2, 0) is 5.41 Å². The minimum absolute atomic E-state index is 0.120. The van der Waals surface area contributed by atoms with E-state index in [1.165, 1.54) is 68.7 Å². The zero-order chi connectivity index (χ0) is 36.0. The number of fused-ring (bicyclic) bond motifs is 10. The van der Waals surface area contributed by atoms with Gasteiger partial charge >= 0.3 is 207 Å². The van der Waals surface area contributed by atoms with E-state index in [1.807, 2.05) is 18.2 Å². The van der Waals surface area contributed by atoms with Gasteiger partial charge < -0.3 is 0 Å². The van der Waals surface area contributed by atoms with E-state index in [0.717, 1.165) is 22.3 Å². The Balaban J connectivity index is 1.09. The second-order valence-corrected chi connectivity index (χ2v) is 17.0. The van der Waals surface area contributed by atoms with Crippen LogP contribution in [0.25, 0.3) is 97.3 Å². The maximum absolute atomic E-state index is 5.26. The van der Waals surface area contributed by atoms with Crippen molar-refractivity contribution in [1.82, 2.24) is 15.0 Å². The molecule has 2 aromatic heterocycles. The number of benzene rings is 8. The predicted molar refractivity (Wildman–Crippen MR) is 226 cm³/mol. The molecular weight excluding hydrogens is 722 g/mol. The van der Waals surface area contributed by atoms with E-state index in [2.05, 4.69) is 159 Å². The standard InChI is InChI=1S/C50H33N3Se/c1-50(2)41-19-8-6-17-38(41)45-39(18-11-20-42(45)50)49-52-47(32-12-4-3-5-13-32)51-48(53-49)35-15-10-14-33(28-35)34-25-23-30-22-24-31-26-27-37-36-16-7-9-21-43(36)54-46(37)44(31)40(30)29-34/h3-29H,1-2H3. The predicted octanol–water partition coefficient (Wildman–Crippen LogP) is 12.5. The number of hydrogen-bond donors (Lipinski definition) is 0. The van der Waals surface area contributed by atoms with E-state index in [-0.39, 0.29) is 19.9 Å². The van der Waals surface area contributed by atoms with Crippen molar-refractivity contribution in [2.75, 3.05) is 0 Å². The molecular formula is C50H33N3Se. The summed E-state index contributed by atoms with van der Waals surface area (Å²) in [4.78, 5) is 15.6. The van der Waals surface area contributed by atoms with Gasteiger partial charge in [0.1, 0.15) is 0 Å². The summed E-state index contributed by atoms with van der Waals surface area (Å²) in [5, 5.41) is 8.01. The number of nitrogens with zero attached hydrogens (tertiary/aromatic N) is 3. The van der Waals surface area contributed by atoms with Crippen molar-refractivity contribution in [2.24, 2.45) is 0 Å². The van der Waals surface area contributed by atoms with E-state index < -0.39 is 0 Å². The van der Waals surface area contributed by atoms with Gasteiger partial charge in [0.05, 0.1) is 0 Å². The molecule has 1 aliphatic rings. The summed E-state index contributed by atoms with van der Waals surface area (Å²) in [6, 6.07) is 59.2. The van der Waals surface area contributed by atoms with E-state index >= 15 is 0 Å². The zero-order valence-corrected chi connectivity index (χ0v) is 31.6. The van der Waals surface area contributed by atoms with Crippen molar-refractivity contribution in [2.45, 2.75) is 19.3 Å². The summed E-state index contributed by atoms with van der Waals surface area (Å²) in [5.41, 5.74) is 10.2. The molecule has 0 saturated carbocycles. The summed E-state index contributed by atoms with van der Waals surface area (Å²) in [5.74, 6) is 2.01. The number of hydrogen-bond acceptors (Lipinski definition) is 3. The maximum Gasteiger partial charge on any atom is -0.0293 e. The second kappa shape index (κ2) is 11.9. The molecule has 10 aromatic rings. The van der Waals surface area contributed by atoms with Gasteiger partial charge in [0.2, 0.25) is 0 Å². The van der Waals surface area contributed by atoms with Gasteiger partial charge in [-0.15, -0.1) is 0 Å². The van der Waals surface area contributed by atoms with Crippen molar-refractivity contribution in [3.05, 3.63) is 175 Å². The number of aromatic nitrogens is 3. The Morgan fingerprint density at radius 1 is 0.426 bits per heavy atom. The van der Waals surface area contributed by atoms with Crippen LogP contribution in [-0.4, -0.2) is 29.5 Å². The van der Waals surface area contributed by atoms with Gasteiger partial charge in [0, 0.05) is 5.41 Å². The van der Waals surface area contributed by atoms with Gasteiger partial charge in [-0.05, 0) is 22.3 Å². The van der Waals surface area contributed by atoms with Crippen LogP contribution in [0.1, 0.15) is 25.0 Å². The molecule has 0 fully saturated rings. The minimum atomic E-state index is -0.120. The van der Waals surface area contributed by atoms with Crippen LogP contribution in [0.4, 0.5) is 0 Å². The molecule has 2 heterocycles. The average Bonchev–Trinajstić information content (AvgIpc) is 3.73. The summed E-state index contributed by atoms with van der Waals surface area (Å²) in [6.07, 6.45) is 0. The molecule has 0 atom stereocenters. The molecule has 4 heteroatoms. The molecule has 0 unspecified atom stereocenters. The third-order valence-corrected chi connectivity index (χ3v) is 13.8. The first-order chi connectivity index (χ1) is 26.5. The minimum Gasteiger partial charge on any atom is -0.0612 e.